The molecule has 0 bridgehead atoms. The van der Waals surface area contributed by atoms with E-state index in [1.54, 1.807) is 6.92 Å². The predicted octanol–water partition coefficient (Wildman–Crippen LogP) is 2.48. The minimum Gasteiger partial charge on any atom is -0.492 e. The summed E-state index contributed by atoms with van der Waals surface area (Å²) in [6.45, 7) is 2.70. The van der Waals surface area contributed by atoms with E-state index in [0.29, 0.717) is 30.6 Å². The summed E-state index contributed by atoms with van der Waals surface area (Å²) in [5.41, 5.74) is -3.26. The van der Waals surface area contributed by atoms with Crippen molar-refractivity contribution in [1.82, 2.24) is 10.0 Å². The van der Waals surface area contributed by atoms with Gasteiger partial charge in [-0.25, -0.2) is 13.1 Å². The Hall–Kier alpha value is -2.32. The normalized spacial score (nSPS) is 18.3. The second-order valence-corrected chi connectivity index (χ2v) is 9.49. The van der Waals surface area contributed by atoms with Crippen molar-refractivity contribution >= 4 is 15.9 Å². The molecule has 11 heteroatoms. The van der Waals surface area contributed by atoms with Gasteiger partial charge in [0.2, 0.25) is 0 Å². The van der Waals surface area contributed by atoms with Crippen molar-refractivity contribution in [2.75, 3.05) is 6.61 Å². The molecule has 2 aliphatic carbocycles. The zero-order valence-electron chi connectivity index (χ0n) is 16.5. The number of rotatable bonds is 7. The number of nitrogens with zero attached hydrogens (tertiary/aromatic N) is 1. The number of hydrogen-bond acceptors (Lipinski definition) is 5. The average Bonchev–Trinajstić information content (AvgIpc) is 3.23. The molecule has 1 amide bonds. The summed E-state index contributed by atoms with van der Waals surface area (Å²) in [6, 6.07) is 2.48. The van der Waals surface area contributed by atoms with Crippen molar-refractivity contribution in [3.05, 3.63) is 28.3 Å². The van der Waals surface area contributed by atoms with Gasteiger partial charge in [0, 0.05) is 5.56 Å². The smallest absolute Gasteiger partial charge is 0.492 e. The van der Waals surface area contributed by atoms with E-state index in [1.807, 2.05) is 0 Å². The van der Waals surface area contributed by atoms with Gasteiger partial charge in [0.05, 0.1) is 12.1 Å². The molecular formula is C19H22F3N3O4S. The van der Waals surface area contributed by atoms with Crippen LogP contribution in [-0.4, -0.2) is 38.0 Å². The van der Waals surface area contributed by atoms with Gasteiger partial charge in [-0.15, -0.1) is 0 Å². The van der Waals surface area contributed by atoms with Gasteiger partial charge in [0.1, 0.15) is 17.9 Å². The lowest BCUT2D eigenvalue weighted by atomic mass is 9.97. The van der Waals surface area contributed by atoms with Crippen LogP contribution in [-0.2, 0) is 22.9 Å². The number of carbonyl (C=O) groups excluding carboxylic acids is 1. The van der Waals surface area contributed by atoms with Crippen LogP contribution in [0.2, 0.25) is 0 Å². The first-order valence-corrected chi connectivity index (χ1v) is 11.0. The molecular weight excluding hydrogens is 423 g/mol. The summed E-state index contributed by atoms with van der Waals surface area (Å²) in [4.78, 5) is 12.8. The fourth-order valence-corrected chi connectivity index (χ4v) is 4.27. The third kappa shape index (κ3) is 4.39. The first kappa shape index (κ1) is 22.4. The molecule has 2 N–H and O–H groups in total. The Kier molecular flexibility index (Phi) is 5.77. The Morgan fingerprint density at radius 3 is 2.53 bits per heavy atom. The highest BCUT2D eigenvalue weighted by molar-refractivity contribution is 7.90. The van der Waals surface area contributed by atoms with Crippen molar-refractivity contribution in [3.8, 4) is 11.8 Å². The molecule has 0 unspecified atom stereocenters. The summed E-state index contributed by atoms with van der Waals surface area (Å²) in [6.07, 6.45) is 3.47. The molecule has 2 aliphatic rings. The first-order chi connectivity index (χ1) is 13.9. The van der Waals surface area contributed by atoms with Gasteiger partial charge in [-0.2, -0.15) is 18.4 Å². The Balaban J connectivity index is 1.79. The lowest BCUT2D eigenvalue weighted by Crippen LogP contribution is -2.43. The molecule has 1 saturated carbocycles. The van der Waals surface area contributed by atoms with Crippen LogP contribution >= 0.6 is 0 Å². The van der Waals surface area contributed by atoms with Crippen LogP contribution < -0.4 is 14.8 Å². The quantitative estimate of drug-likeness (QED) is 0.670. The van der Waals surface area contributed by atoms with Gasteiger partial charge in [0.25, 0.3) is 5.91 Å². The molecule has 1 fully saturated rings. The zero-order chi connectivity index (χ0) is 22.3. The summed E-state index contributed by atoms with van der Waals surface area (Å²) in [5, 5.41) is 12.0. The Labute approximate surface area is 172 Å². The van der Waals surface area contributed by atoms with Crippen LogP contribution in [0.1, 0.15) is 53.2 Å². The fraction of sp³-hybridized carbons (Fsp3) is 0.579. The number of fused-ring (bicyclic) bond motifs is 1. The number of sulfonamides is 1. The average molecular weight is 445 g/mol. The van der Waals surface area contributed by atoms with Crippen molar-refractivity contribution < 1.29 is 31.1 Å². The van der Waals surface area contributed by atoms with E-state index >= 15 is 0 Å². The number of hydrogen-bond donors (Lipinski definition) is 2. The number of nitrogens with one attached hydrogen (secondary N) is 2. The molecule has 0 aromatic heterocycles. The molecule has 7 nitrogen and oxygen atoms in total. The molecule has 0 radical (unpaired) electrons. The van der Waals surface area contributed by atoms with Crippen molar-refractivity contribution in [1.29, 1.82) is 5.26 Å². The summed E-state index contributed by atoms with van der Waals surface area (Å²) in [7, 11) is -5.48. The van der Waals surface area contributed by atoms with Gasteiger partial charge in [-0.3, -0.25) is 4.79 Å². The van der Waals surface area contributed by atoms with E-state index in [9.17, 15) is 31.6 Å². The maximum Gasteiger partial charge on any atom is 0.511 e. The number of carbonyl (C=O) groups is 1. The molecule has 30 heavy (non-hydrogen) atoms. The predicted molar refractivity (Wildman–Crippen MR) is 101 cm³/mol. The number of halogens is 3. The second kappa shape index (κ2) is 7.74. The SMILES string of the molecule is Cc1c(OC[C@H](C)NS(=O)(=O)C(F)(F)F)cc(C(=O)NC2(C#N)CC2)c2c1CCC2. The Bertz CT molecular complexity index is 1010. The topological polar surface area (TPSA) is 108 Å². The van der Waals surface area contributed by atoms with Gasteiger partial charge in [0.15, 0.2) is 0 Å². The maximum atomic E-state index is 12.8. The number of nitriles is 1. The van der Waals surface area contributed by atoms with Crippen molar-refractivity contribution in [2.45, 2.75) is 63.0 Å². The molecule has 1 aromatic carbocycles. The lowest BCUT2D eigenvalue weighted by molar-refractivity contribution is -0.0451. The Morgan fingerprint density at radius 2 is 1.97 bits per heavy atom. The largest absolute Gasteiger partial charge is 0.511 e. The van der Waals surface area contributed by atoms with Gasteiger partial charge < -0.3 is 10.1 Å². The van der Waals surface area contributed by atoms with Crippen LogP contribution in [0.15, 0.2) is 6.07 Å². The van der Waals surface area contributed by atoms with Crippen molar-refractivity contribution in [3.63, 3.8) is 0 Å². The van der Waals surface area contributed by atoms with Gasteiger partial charge >= 0.3 is 15.5 Å². The third-order valence-corrected chi connectivity index (χ3v) is 6.67. The van der Waals surface area contributed by atoms with E-state index < -0.39 is 27.1 Å². The van der Waals surface area contributed by atoms with Crippen LogP contribution in [0.25, 0.3) is 0 Å². The molecule has 3 rings (SSSR count). The monoisotopic (exact) mass is 445 g/mol. The molecule has 0 aliphatic heterocycles. The zero-order valence-corrected chi connectivity index (χ0v) is 17.3. The first-order valence-electron chi connectivity index (χ1n) is 9.49. The molecule has 1 atom stereocenters. The highest BCUT2D eigenvalue weighted by Gasteiger charge is 2.46. The van der Waals surface area contributed by atoms with Gasteiger partial charge in [-0.05, 0) is 68.7 Å². The van der Waals surface area contributed by atoms with E-state index in [-0.39, 0.29) is 12.5 Å². The number of benzene rings is 1. The van der Waals surface area contributed by atoms with E-state index in [1.165, 1.54) is 17.7 Å². The third-order valence-electron chi connectivity index (χ3n) is 5.35. The standard InChI is InChI=1S/C19H22F3N3O4S/c1-11(25-30(27,28)19(20,21)22)9-29-16-8-15(14-5-3-4-13(14)12(16)2)17(26)24-18(10-23)6-7-18/h8,11,25H,3-7,9H2,1-2H3,(H,24,26)/t11-/m0/s1. The molecule has 0 saturated heterocycles. The van der Waals surface area contributed by atoms with Crippen LogP contribution in [0.4, 0.5) is 13.2 Å². The van der Waals surface area contributed by atoms with E-state index in [0.717, 1.165) is 29.5 Å². The Morgan fingerprint density at radius 1 is 1.33 bits per heavy atom. The van der Waals surface area contributed by atoms with Crippen LogP contribution in [0.3, 0.4) is 0 Å². The highest BCUT2D eigenvalue weighted by atomic mass is 32.2. The molecule has 164 valence electrons. The number of alkyl halides is 3. The minimum atomic E-state index is -5.48. The minimum absolute atomic E-state index is 0.306. The number of ether oxygens (including phenoxy) is 1. The summed E-state index contributed by atoms with van der Waals surface area (Å²) < 4.78 is 67.2. The van der Waals surface area contributed by atoms with Crippen LogP contribution in [0.5, 0.6) is 5.75 Å². The fourth-order valence-electron chi connectivity index (χ4n) is 3.54. The molecule has 1 aromatic rings. The molecule has 0 spiro atoms. The number of amides is 1. The summed E-state index contributed by atoms with van der Waals surface area (Å²) in [5.74, 6) is -0.0801. The summed E-state index contributed by atoms with van der Waals surface area (Å²) >= 11 is 0. The van der Waals surface area contributed by atoms with Gasteiger partial charge in [-0.1, -0.05) is 0 Å². The van der Waals surface area contributed by atoms with Crippen molar-refractivity contribution in [2.24, 2.45) is 0 Å². The lowest BCUT2D eigenvalue weighted by Gasteiger charge is -2.20. The second-order valence-electron chi connectivity index (χ2n) is 7.79. The van der Waals surface area contributed by atoms with Crippen LogP contribution in [0, 0.1) is 18.3 Å². The highest BCUT2D eigenvalue weighted by Crippen LogP contribution is 2.37. The molecule has 0 heterocycles. The maximum absolute atomic E-state index is 12.8. The van der Waals surface area contributed by atoms with E-state index in [4.69, 9.17) is 4.74 Å². The van der Waals surface area contributed by atoms with E-state index in [2.05, 4.69) is 11.4 Å².